The van der Waals surface area contributed by atoms with Crippen LogP contribution in [0.1, 0.15) is 31.9 Å². The molecule has 0 bridgehead atoms. The van der Waals surface area contributed by atoms with Crippen molar-refractivity contribution in [3.63, 3.8) is 0 Å². The molecule has 0 aliphatic carbocycles. The number of benzene rings is 1. The number of rotatable bonds is 5. The van der Waals surface area contributed by atoms with Gasteiger partial charge in [0.25, 0.3) is 0 Å². The molecule has 3 heteroatoms. The summed E-state index contributed by atoms with van der Waals surface area (Å²) < 4.78 is 5.23. The zero-order valence-electron chi connectivity index (χ0n) is 13.2. The molecule has 20 heavy (non-hydrogen) atoms. The van der Waals surface area contributed by atoms with Crippen molar-refractivity contribution in [3.8, 4) is 5.75 Å². The minimum Gasteiger partial charge on any atom is -0.497 e. The van der Waals surface area contributed by atoms with E-state index in [-0.39, 0.29) is 0 Å². The van der Waals surface area contributed by atoms with Gasteiger partial charge in [0.05, 0.1) is 7.11 Å². The van der Waals surface area contributed by atoms with Gasteiger partial charge in [-0.25, -0.2) is 0 Å². The maximum Gasteiger partial charge on any atom is 0.118 e. The van der Waals surface area contributed by atoms with Crippen molar-refractivity contribution >= 4 is 0 Å². The summed E-state index contributed by atoms with van der Waals surface area (Å²) in [5.74, 6) is 2.58. The van der Waals surface area contributed by atoms with Gasteiger partial charge in [0.1, 0.15) is 5.75 Å². The summed E-state index contributed by atoms with van der Waals surface area (Å²) in [5, 5.41) is 3.45. The fourth-order valence-corrected chi connectivity index (χ4v) is 2.97. The Morgan fingerprint density at radius 1 is 1.25 bits per heavy atom. The summed E-state index contributed by atoms with van der Waals surface area (Å²) in [6.07, 6.45) is 1.32. The van der Waals surface area contributed by atoms with E-state index >= 15 is 0 Å². The minimum absolute atomic E-state index is 0.390. The summed E-state index contributed by atoms with van der Waals surface area (Å²) in [6, 6.07) is 8.80. The number of nitrogens with zero attached hydrogens (tertiary/aromatic N) is 1. The van der Waals surface area contributed by atoms with Gasteiger partial charge < -0.3 is 15.0 Å². The van der Waals surface area contributed by atoms with Gasteiger partial charge in [0, 0.05) is 19.1 Å². The highest BCUT2D eigenvalue weighted by Gasteiger charge is 2.24. The highest BCUT2D eigenvalue weighted by Crippen LogP contribution is 2.25. The molecular formula is C17H28N2O. The number of ether oxygens (including phenoxy) is 1. The van der Waals surface area contributed by atoms with E-state index in [4.69, 9.17) is 4.74 Å². The third-order valence-electron chi connectivity index (χ3n) is 4.73. The van der Waals surface area contributed by atoms with E-state index in [9.17, 15) is 0 Å². The number of methoxy groups -OCH3 is 1. The number of hydrogen-bond acceptors (Lipinski definition) is 3. The Kier molecular flexibility index (Phi) is 5.44. The first-order chi connectivity index (χ1) is 9.63. The van der Waals surface area contributed by atoms with Crippen molar-refractivity contribution in [3.05, 3.63) is 29.8 Å². The minimum atomic E-state index is 0.390. The standard InChI is InChI=1S/C17H28N2O/c1-13-9-10-19(11-14(13)2)12-17(18-3)15-5-7-16(20-4)8-6-15/h5-8,13-14,17-18H,9-12H2,1-4H3. The number of piperidine rings is 1. The van der Waals surface area contributed by atoms with Crippen LogP contribution in [0, 0.1) is 11.8 Å². The summed E-state index contributed by atoms with van der Waals surface area (Å²) in [6.45, 7) is 8.27. The molecule has 0 spiro atoms. The van der Waals surface area contributed by atoms with Gasteiger partial charge in [-0.05, 0) is 49.5 Å². The molecule has 1 aromatic carbocycles. The summed E-state index contributed by atoms with van der Waals surface area (Å²) >= 11 is 0. The zero-order chi connectivity index (χ0) is 14.5. The molecule has 0 saturated carbocycles. The van der Waals surface area contributed by atoms with Gasteiger partial charge in [-0.15, -0.1) is 0 Å². The molecule has 2 rings (SSSR count). The van der Waals surface area contributed by atoms with Crippen LogP contribution < -0.4 is 10.1 Å². The van der Waals surface area contributed by atoms with E-state index in [1.54, 1.807) is 7.11 Å². The second kappa shape index (κ2) is 7.09. The van der Waals surface area contributed by atoms with E-state index in [1.807, 2.05) is 19.2 Å². The van der Waals surface area contributed by atoms with Crippen LogP contribution in [-0.4, -0.2) is 38.7 Å². The lowest BCUT2D eigenvalue weighted by Crippen LogP contribution is -2.42. The Hall–Kier alpha value is -1.06. The molecule has 3 unspecified atom stereocenters. The normalized spacial score (nSPS) is 25.4. The van der Waals surface area contributed by atoms with Gasteiger partial charge in [-0.1, -0.05) is 26.0 Å². The Bertz CT molecular complexity index is 404. The molecule has 112 valence electrons. The molecule has 1 aromatic rings. The third kappa shape index (κ3) is 3.74. The molecule has 0 radical (unpaired) electrons. The van der Waals surface area contributed by atoms with E-state index in [0.717, 1.165) is 24.1 Å². The van der Waals surface area contributed by atoms with Crippen molar-refractivity contribution in [2.24, 2.45) is 11.8 Å². The first-order valence-electron chi connectivity index (χ1n) is 7.67. The van der Waals surface area contributed by atoms with Crippen molar-refractivity contribution < 1.29 is 4.74 Å². The highest BCUT2D eigenvalue weighted by molar-refractivity contribution is 5.29. The maximum atomic E-state index is 5.23. The monoisotopic (exact) mass is 276 g/mol. The van der Waals surface area contributed by atoms with Crippen LogP contribution >= 0.6 is 0 Å². The summed E-state index contributed by atoms with van der Waals surface area (Å²) in [7, 11) is 3.76. The number of likely N-dealkylation sites (N-methyl/N-ethyl adjacent to an activating group) is 1. The van der Waals surface area contributed by atoms with Gasteiger partial charge >= 0.3 is 0 Å². The maximum absolute atomic E-state index is 5.23. The van der Waals surface area contributed by atoms with Crippen LogP contribution in [0.5, 0.6) is 5.75 Å². The predicted octanol–water partition coefficient (Wildman–Crippen LogP) is 2.93. The molecule has 1 N–H and O–H groups in total. The molecule has 0 amide bonds. The number of likely N-dealkylation sites (tertiary alicyclic amines) is 1. The number of hydrogen-bond donors (Lipinski definition) is 1. The Morgan fingerprint density at radius 2 is 1.95 bits per heavy atom. The average molecular weight is 276 g/mol. The lowest BCUT2D eigenvalue weighted by atomic mass is 9.88. The average Bonchev–Trinajstić information content (AvgIpc) is 2.48. The van der Waals surface area contributed by atoms with Crippen LogP contribution in [0.4, 0.5) is 0 Å². The first kappa shape index (κ1) is 15.3. The van der Waals surface area contributed by atoms with E-state index < -0.39 is 0 Å². The van der Waals surface area contributed by atoms with Gasteiger partial charge in [-0.2, -0.15) is 0 Å². The largest absolute Gasteiger partial charge is 0.497 e. The Balaban J connectivity index is 1.97. The van der Waals surface area contributed by atoms with Crippen molar-refractivity contribution in [2.45, 2.75) is 26.3 Å². The quantitative estimate of drug-likeness (QED) is 0.895. The third-order valence-corrected chi connectivity index (χ3v) is 4.73. The molecule has 1 aliphatic heterocycles. The Labute approximate surface area is 123 Å². The van der Waals surface area contributed by atoms with Gasteiger partial charge in [0.15, 0.2) is 0 Å². The molecular weight excluding hydrogens is 248 g/mol. The fourth-order valence-electron chi connectivity index (χ4n) is 2.97. The van der Waals surface area contributed by atoms with Crippen LogP contribution in [-0.2, 0) is 0 Å². The van der Waals surface area contributed by atoms with Crippen LogP contribution in [0.2, 0.25) is 0 Å². The van der Waals surface area contributed by atoms with Crippen LogP contribution in [0.15, 0.2) is 24.3 Å². The van der Waals surface area contributed by atoms with Crippen molar-refractivity contribution in [1.29, 1.82) is 0 Å². The Morgan fingerprint density at radius 3 is 2.50 bits per heavy atom. The molecule has 3 nitrogen and oxygen atoms in total. The SMILES string of the molecule is CNC(CN1CCC(C)C(C)C1)c1ccc(OC)cc1. The zero-order valence-corrected chi connectivity index (χ0v) is 13.2. The summed E-state index contributed by atoms with van der Waals surface area (Å²) in [4.78, 5) is 2.59. The van der Waals surface area contributed by atoms with E-state index in [2.05, 4.69) is 36.2 Å². The molecule has 1 saturated heterocycles. The molecule has 1 fully saturated rings. The molecule has 1 aliphatic rings. The van der Waals surface area contributed by atoms with Crippen LogP contribution in [0.25, 0.3) is 0 Å². The highest BCUT2D eigenvalue weighted by atomic mass is 16.5. The predicted molar refractivity (Wildman–Crippen MR) is 84.2 cm³/mol. The molecule has 1 heterocycles. The van der Waals surface area contributed by atoms with E-state index in [1.165, 1.54) is 25.1 Å². The number of nitrogens with one attached hydrogen (secondary N) is 1. The second-order valence-electron chi connectivity index (χ2n) is 6.12. The van der Waals surface area contributed by atoms with Crippen molar-refractivity contribution in [2.75, 3.05) is 33.8 Å². The smallest absolute Gasteiger partial charge is 0.118 e. The van der Waals surface area contributed by atoms with Gasteiger partial charge in [0.2, 0.25) is 0 Å². The molecule has 3 atom stereocenters. The van der Waals surface area contributed by atoms with E-state index in [0.29, 0.717) is 6.04 Å². The lowest BCUT2D eigenvalue weighted by Gasteiger charge is -2.37. The van der Waals surface area contributed by atoms with Crippen LogP contribution in [0.3, 0.4) is 0 Å². The van der Waals surface area contributed by atoms with Gasteiger partial charge in [-0.3, -0.25) is 0 Å². The lowest BCUT2D eigenvalue weighted by molar-refractivity contribution is 0.128. The van der Waals surface area contributed by atoms with Crippen molar-refractivity contribution in [1.82, 2.24) is 10.2 Å². The topological polar surface area (TPSA) is 24.5 Å². The molecule has 0 aromatic heterocycles. The first-order valence-corrected chi connectivity index (χ1v) is 7.67. The summed E-state index contributed by atoms with van der Waals surface area (Å²) in [5.41, 5.74) is 1.33. The fraction of sp³-hybridized carbons (Fsp3) is 0.647. The second-order valence-corrected chi connectivity index (χ2v) is 6.12.